The molecule has 1 atom stereocenters. The summed E-state index contributed by atoms with van der Waals surface area (Å²) in [6.45, 7) is 0. The summed E-state index contributed by atoms with van der Waals surface area (Å²) in [5.74, 6) is -0.489. The molecule has 1 saturated heterocycles. The van der Waals surface area contributed by atoms with Gasteiger partial charge in [0, 0.05) is 6.20 Å². The van der Waals surface area contributed by atoms with Crippen LogP contribution >= 0.6 is 0 Å². The van der Waals surface area contributed by atoms with Crippen LogP contribution in [-0.2, 0) is 9.84 Å². The molecule has 5 nitrogen and oxygen atoms in total. The van der Waals surface area contributed by atoms with E-state index in [4.69, 9.17) is 4.99 Å². The number of carbonyl (C=O) groups is 1. The van der Waals surface area contributed by atoms with Gasteiger partial charge in [-0.05, 0) is 31.4 Å². The van der Waals surface area contributed by atoms with Crippen molar-refractivity contribution in [1.82, 2.24) is 4.57 Å². The summed E-state index contributed by atoms with van der Waals surface area (Å²) in [7, 11) is -3.05. The molecule has 1 aliphatic heterocycles. The molecule has 0 aromatic carbocycles. The molecule has 2 heterocycles. The molecule has 0 N–H and O–H groups in total. The average molecular weight is 322 g/mol. The van der Waals surface area contributed by atoms with Gasteiger partial charge in [-0.3, -0.25) is 14.4 Å². The molecule has 2 fully saturated rings. The van der Waals surface area contributed by atoms with Gasteiger partial charge in [0.25, 0.3) is 0 Å². The van der Waals surface area contributed by atoms with E-state index in [9.17, 15) is 13.2 Å². The zero-order chi connectivity index (χ0) is 15.6. The summed E-state index contributed by atoms with van der Waals surface area (Å²) in [6.07, 6.45) is 7.91. The molecule has 0 bridgehead atoms. The minimum atomic E-state index is -3.05. The van der Waals surface area contributed by atoms with E-state index in [0.29, 0.717) is 11.9 Å². The Bertz CT molecular complexity index is 715. The van der Waals surface area contributed by atoms with Crippen molar-refractivity contribution in [2.45, 2.75) is 44.6 Å². The zero-order valence-electron chi connectivity index (χ0n) is 12.6. The average Bonchev–Trinajstić information content (AvgIpc) is 2.88. The van der Waals surface area contributed by atoms with E-state index in [1.165, 1.54) is 19.3 Å². The monoisotopic (exact) mass is 322 g/mol. The first kappa shape index (κ1) is 15.5. The van der Waals surface area contributed by atoms with Crippen LogP contribution in [0.5, 0.6) is 0 Å². The number of pyridine rings is 1. The van der Waals surface area contributed by atoms with Gasteiger partial charge in [-0.15, -0.1) is 0 Å². The highest BCUT2D eigenvalue weighted by molar-refractivity contribution is 7.91. The van der Waals surface area contributed by atoms with E-state index in [-0.39, 0.29) is 23.5 Å². The standard InChI is InChI=1S/C16H22N2O3S/c19-16(13-9-11-22(20,21)12-13)18-10-5-4-8-15(18)17-14-6-2-1-3-7-14/h4-5,8,10,13-14H,1-3,6-7,9,11-12H2/t13-/m0/s1. The highest BCUT2D eigenvalue weighted by Crippen LogP contribution is 2.21. The van der Waals surface area contributed by atoms with Crippen molar-refractivity contribution >= 4 is 15.7 Å². The molecule has 1 saturated carbocycles. The van der Waals surface area contributed by atoms with Crippen molar-refractivity contribution in [3.05, 3.63) is 29.9 Å². The molecule has 1 aromatic rings. The Kier molecular flexibility index (Phi) is 4.47. The number of hydrogen-bond acceptors (Lipinski definition) is 4. The van der Waals surface area contributed by atoms with Crippen molar-refractivity contribution in [1.29, 1.82) is 0 Å². The number of sulfone groups is 1. The minimum absolute atomic E-state index is 0.0312. The van der Waals surface area contributed by atoms with Crippen molar-refractivity contribution in [2.75, 3.05) is 11.5 Å². The molecule has 3 rings (SSSR count). The van der Waals surface area contributed by atoms with Crippen molar-refractivity contribution < 1.29 is 13.2 Å². The molecule has 0 radical (unpaired) electrons. The van der Waals surface area contributed by atoms with Gasteiger partial charge in [0.1, 0.15) is 5.49 Å². The second-order valence-corrected chi connectivity index (χ2v) is 8.52. The maximum atomic E-state index is 12.6. The molecule has 0 unspecified atom stereocenters. The molecule has 0 spiro atoms. The summed E-state index contributed by atoms with van der Waals surface area (Å²) < 4.78 is 24.7. The lowest BCUT2D eigenvalue weighted by Gasteiger charge is -2.18. The molecule has 2 aliphatic rings. The molecular formula is C16H22N2O3S. The molecule has 6 heteroatoms. The van der Waals surface area contributed by atoms with Crippen molar-refractivity contribution in [3.63, 3.8) is 0 Å². The van der Waals surface area contributed by atoms with Crippen molar-refractivity contribution in [3.8, 4) is 0 Å². The normalized spacial score (nSPS) is 26.2. The smallest absolute Gasteiger partial charge is 0.236 e. The molecule has 0 amide bonds. The zero-order valence-corrected chi connectivity index (χ0v) is 13.5. The summed E-state index contributed by atoms with van der Waals surface area (Å²) in [5.41, 5.74) is 0.656. The van der Waals surface area contributed by atoms with Crippen LogP contribution in [0, 0.1) is 5.92 Å². The van der Waals surface area contributed by atoms with Crippen molar-refractivity contribution in [2.24, 2.45) is 10.9 Å². The van der Waals surface area contributed by atoms with Crippen LogP contribution in [-0.4, -0.2) is 36.4 Å². The van der Waals surface area contributed by atoms with E-state index < -0.39 is 15.8 Å². The number of carbonyl (C=O) groups excluding carboxylic acids is 1. The number of rotatable bonds is 2. The van der Waals surface area contributed by atoms with Crippen LogP contribution in [0.2, 0.25) is 0 Å². The molecule has 22 heavy (non-hydrogen) atoms. The highest BCUT2D eigenvalue weighted by Gasteiger charge is 2.33. The van der Waals surface area contributed by atoms with Gasteiger partial charge >= 0.3 is 0 Å². The third-order valence-corrected chi connectivity index (χ3v) is 6.31. The summed E-state index contributed by atoms with van der Waals surface area (Å²) in [4.78, 5) is 17.4. The van der Waals surface area contributed by atoms with Gasteiger partial charge in [-0.1, -0.05) is 25.3 Å². The molecule has 1 aliphatic carbocycles. The van der Waals surface area contributed by atoms with Gasteiger partial charge < -0.3 is 0 Å². The minimum Gasteiger partial charge on any atom is -0.274 e. The Hall–Kier alpha value is -1.43. The third-order valence-electron chi connectivity index (χ3n) is 4.55. The van der Waals surface area contributed by atoms with E-state index in [2.05, 4.69) is 0 Å². The van der Waals surface area contributed by atoms with Crippen LogP contribution in [0.1, 0.15) is 43.3 Å². The largest absolute Gasteiger partial charge is 0.274 e. The Morgan fingerprint density at radius 1 is 1.14 bits per heavy atom. The lowest BCUT2D eigenvalue weighted by atomic mass is 9.96. The first-order chi connectivity index (χ1) is 10.6. The van der Waals surface area contributed by atoms with Gasteiger partial charge in [-0.25, -0.2) is 8.42 Å². The van der Waals surface area contributed by atoms with Crippen LogP contribution in [0.4, 0.5) is 0 Å². The maximum Gasteiger partial charge on any atom is 0.236 e. The van der Waals surface area contributed by atoms with Crippen LogP contribution in [0.15, 0.2) is 29.4 Å². The first-order valence-electron chi connectivity index (χ1n) is 8.01. The van der Waals surface area contributed by atoms with Crippen LogP contribution < -0.4 is 5.49 Å². The first-order valence-corrected chi connectivity index (χ1v) is 9.83. The fourth-order valence-electron chi connectivity index (χ4n) is 3.31. The summed E-state index contributed by atoms with van der Waals surface area (Å²) in [5, 5.41) is 0. The molecule has 120 valence electrons. The number of hydrogen-bond donors (Lipinski definition) is 0. The maximum absolute atomic E-state index is 12.6. The topological polar surface area (TPSA) is 68.5 Å². The second-order valence-electron chi connectivity index (χ2n) is 6.29. The van der Waals surface area contributed by atoms with E-state index in [0.717, 1.165) is 12.8 Å². The van der Waals surface area contributed by atoms with Gasteiger partial charge in [-0.2, -0.15) is 0 Å². The SMILES string of the molecule is O=C([C@H]1CCS(=O)(=O)C1)n1ccccc1=NC1CCCCC1. The third kappa shape index (κ3) is 3.48. The fourth-order valence-corrected chi connectivity index (χ4v) is 5.04. The Balaban J connectivity index is 1.88. The quantitative estimate of drug-likeness (QED) is 0.833. The molecule has 1 aromatic heterocycles. The van der Waals surface area contributed by atoms with E-state index >= 15 is 0 Å². The number of nitrogens with zero attached hydrogens (tertiary/aromatic N) is 2. The van der Waals surface area contributed by atoms with Gasteiger partial charge in [0.15, 0.2) is 9.84 Å². The Morgan fingerprint density at radius 2 is 1.91 bits per heavy atom. The predicted molar refractivity (Wildman–Crippen MR) is 84.3 cm³/mol. The van der Waals surface area contributed by atoms with E-state index in [1.54, 1.807) is 16.8 Å². The highest BCUT2D eigenvalue weighted by atomic mass is 32.2. The predicted octanol–water partition coefficient (Wildman–Crippen LogP) is 1.80. The van der Waals surface area contributed by atoms with Gasteiger partial charge in [0.05, 0.1) is 23.5 Å². The Morgan fingerprint density at radius 3 is 2.59 bits per heavy atom. The number of aromatic nitrogens is 1. The Labute approximate surface area is 131 Å². The fraction of sp³-hybridized carbons (Fsp3) is 0.625. The van der Waals surface area contributed by atoms with Crippen LogP contribution in [0.25, 0.3) is 0 Å². The summed E-state index contributed by atoms with van der Waals surface area (Å²) in [6, 6.07) is 5.79. The lowest BCUT2D eigenvalue weighted by molar-refractivity contribution is 0.0842. The lowest BCUT2D eigenvalue weighted by Crippen LogP contribution is -2.33. The van der Waals surface area contributed by atoms with Gasteiger partial charge in [0.2, 0.25) is 5.91 Å². The summed E-state index contributed by atoms with van der Waals surface area (Å²) >= 11 is 0. The van der Waals surface area contributed by atoms with E-state index in [1.807, 2.05) is 12.1 Å². The second kappa shape index (κ2) is 6.36. The molecular weight excluding hydrogens is 300 g/mol. The van der Waals surface area contributed by atoms with Crippen LogP contribution in [0.3, 0.4) is 0 Å².